The van der Waals surface area contributed by atoms with Gasteiger partial charge < -0.3 is 10.5 Å². The zero-order valence-electron chi connectivity index (χ0n) is 11.8. The number of carbonyl (C=O) groups is 1. The third-order valence-electron chi connectivity index (χ3n) is 3.75. The van der Waals surface area contributed by atoms with Crippen molar-refractivity contribution in [2.45, 2.75) is 25.0 Å². The fourth-order valence-corrected chi connectivity index (χ4v) is 5.29. The summed E-state index contributed by atoms with van der Waals surface area (Å²) in [7, 11) is -2.03. The highest BCUT2D eigenvalue weighted by atomic mass is 79.9. The average Bonchev–Trinajstić information content (AvgIpc) is 3.12. The second-order valence-electron chi connectivity index (χ2n) is 5.59. The van der Waals surface area contributed by atoms with Crippen molar-refractivity contribution in [3.8, 4) is 0 Å². The summed E-state index contributed by atoms with van der Waals surface area (Å²) < 4.78 is 30.1. The summed E-state index contributed by atoms with van der Waals surface area (Å²) in [5, 5.41) is 0. The number of methoxy groups -OCH3 is 1. The van der Waals surface area contributed by atoms with Crippen LogP contribution in [-0.2, 0) is 25.1 Å². The zero-order chi connectivity index (χ0) is 15.7. The Hall–Kier alpha value is -1.08. The van der Waals surface area contributed by atoms with E-state index < -0.39 is 15.3 Å². The van der Waals surface area contributed by atoms with Gasteiger partial charge in [-0.15, -0.1) is 0 Å². The molecular weight excluding hydrogens is 358 g/mol. The molecule has 2 N–H and O–H groups in total. The van der Waals surface area contributed by atoms with Crippen molar-refractivity contribution < 1.29 is 17.9 Å². The van der Waals surface area contributed by atoms with Crippen molar-refractivity contribution in [1.29, 1.82) is 0 Å². The maximum absolute atomic E-state index is 12.4. The summed E-state index contributed by atoms with van der Waals surface area (Å²) in [5.74, 6) is -0.484. The van der Waals surface area contributed by atoms with Gasteiger partial charge in [0, 0.05) is 15.7 Å². The molecule has 5 nitrogen and oxygen atoms in total. The predicted octanol–water partition coefficient (Wildman–Crippen LogP) is 2.29. The monoisotopic (exact) mass is 375 g/mol. The molecule has 0 bridgehead atoms. The minimum absolute atomic E-state index is 0.00409. The molecule has 0 amide bonds. The maximum Gasteiger partial charge on any atom is 0.306 e. The molecule has 0 aromatic heterocycles. The lowest BCUT2D eigenvalue weighted by Crippen LogP contribution is -2.22. The van der Waals surface area contributed by atoms with Crippen molar-refractivity contribution in [1.82, 2.24) is 0 Å². The van der Waals surface area contributed by atoms with Gasteiger partial charge in [0.15, 0.2) is 9.84 Å². The number of nitrogens with two attached hydrogens (primary N) is 1. The van der Waals surface area contributed by atoms with Gasteiger partial charge in [-0.2, -0.15) is 0 Å². The van der Waals surface area contributed by atoms with E-state index >= 15 is 0 Å². The molecule has 0 radical (unpaired) electrons. The molecule has 0 heterocycles. The lowest BCUT2D eigenvalue weighted by molar-refractivity contribution is -0.141. The largest absolute Gasteiger partial charge is 0.469 e. The van der Waals surface area contributed by atoms with Crippen molar-refractivity contribution in [3.63, 3.8) is 0 Å². The van der Waals surface area contributed by atoms with Crippen molar-refractivity contribution in [3.05, 3.63) is 28.2 Å². The van der Waals surface area contributed by atoms with Crippen molar-refractivity contribution >= 4 is 37.4 Å². The van der Waals surface area contributed by atoms with Crippen LogP contribution in [0.2, 0.25) is 0 Å². The highest BCUT2D eigenvalue weighted by Crippen LogP contribution is 2.50. The maximum atomic E-state index is 12.4. The van der Waals surface area contributed by atoms with Gasteiger partial charge in [0.2, 0.25) is 0 Å². The van der Waals surface area contributed by atoms with E-state index in [9.17, 15) is 13.2 Å². The van der Waals surface area contributed by atoms with E-state index in [0.717, 1.165) is 12.8 Å². The molecule has 1 saturated carbocycles. The summed E-state index contributed by atoms with van der Waals surface area (Å²) in [6.45, 7) is 0. The first-order valence-corrected chi connectivity index (χ1v) is 9.18. The second kappa shape index (κ2) is 5.96. The standard InChI is InChI=1S/C14H18BrNO4S/c1-20-13(17)7-14(5-6-14)9-21(18,19)8-10-11(15)3-2-4-12(10)16/h2-4H,5-9,16H2,1H3. The van der Waals surface area contributed by atoms with E-state index in [4.69, 9.17) is 5.73 Å². The first kappa shape index (κ1) is 16.3. The summed E-state index contributed by atoms with van der Waals surface area (Å²) >= 11 is 3.33. The van der Waals surface area contributed by atoms with Gasteiger partial charge in [-0.05, 0) is 30.4 Å². The first-order valence-electron chi connectivity index (χ1n) is 6.57. The summed E-state index contributed by atoms with van der Waals surface area (Å²) in [6, 6.07) is 5.20. The molecule has 7 heteroatoms. The summed E-state index contributed by atoms with van der Waals surface area (Å²) in [5.41, 5.74) is 6.42. The van der Waals surface area contributed by atoms with Gasteiger partial charge in [0.1, 0.15) is 0 Å². The molecule has 2 rings (SSSR count). The smallest absolute Gasteiger partial charge is 0.306 e. The first-order chi connectivity index (χ1) is 9.77. The van der Waals surface area contributed by atoms with Crippen LogP contribution in [0.5, 0.6) is 0 Å². The van der Waals surface area contributed by atoms with Crippen LogP contribution in [0.1, 0.15) is 24.8 Å². The van der Waals surface area contributed by atoms with E-state index in [1.165, 1.54) is 7.11 Å². The van der Waals surface area contributed by atoms with Gasteiger partial charge in [-0.3, -0.25) is 4.79 Å². The summed E-state index contributed by atoms with van der Waals surface area (Å²) in [4.78, 5) is 11.4. The molecule has 0 aliphatic heterocycles. The molecule has 1 aromatic rings. The number of halogens is 1. The number of hydrogen-bond donors (Lipinski definition) is 1. The Balaban J connectivity index is 2.11. The van der Waals surface area contributed by atoms with Gasteiger partial charge in [-0.1, -0.05) is 22.0 Å². The Kier molecular flexibility index (Phi) is 4.63. The molecule has 0 spiro atoms. The Bertz CT molecular complexity index is 633. The SMILES string of the molecule is COC(=O)CC1(CS(=O)(=O)Cc2c(N)cccc2Br)CC1. The van der Waals surface area contributed by atoms with Gasteiger partial charge in [0.25, 0.3) is 0 Å². The highest BCUT2D eigenvalue weighted by Gasteiger charge is 2.47. The van der Waals surface area contributed by atoms with Crippen molar-refractivity contribution in [2.24, 2.45) is 5.41 Å². The number of carbonyl (C=O) groups excluding carboxylic acids is 1. The van der Waals surface area contributed by atoms with Gasteiger partial charge >= 0.3 is 5.97 Å². The molecule has 1 aliphatic rings. The van der Waals surface area contributed by atoms with E-state index in [1.807, 2.05) is 0 Å². The number of sulfone groups is 1. The van der Waals surface area contributed by atoms with Crippen LogP contribution in [0.15, 0.2) is 22.7 Å². The predicted molar refractivity (Wildman–Crippen MR) is 84.3 cm³/mol. The van der Waals surface area contributed by atoms with E-state index in [2.05, 4.69) is 20.7 Å². The molecule has 0 saturated heterocycles. The van der Waals surface area contributed by atoms with Crippen LogP contribution >= 0.6 is 15.9 Å². The number of ether oxygens (including phenoxy) is 1. The lowest BCUT2D eigenvalue weighted by Gasteiger charge is -2.15. The quantitative estimate of drug-likeness (QED) is 0.608. The number of benzene rings is 1. The molecule has 21 heavy (non-hydrogen) atoms. The van der Waals surface area contributed by atoms with E-state index in [1.54, 1.807) is 18.2 Å². The number of esters is 1. The van der Waals surface area contributed by atoms with E-state index in [-0.39, 0.29) is 23.9 Å². The number of nitrogen functional groups attached to an aromatic ring is 1. The third kappa shape index (κ3) is 4.20. The average molecular weight is 376 g/mol. The van der Waals surface area contributed by atoms with Crippen LogP contribution in [0, 0.1) is 5.41 Å². The van der Waals surface area contributed by atoms with Crippen LogP contribution in [0.3, 0.4) is 0 Å². The molecule has 0 atom stereocenters. The fraction of sp³-hybridized carbons (Fsp3) is 0.500. The van der Waals surface area contributed by atoms with Gasteiger partial charge in [0.05, 0.1) is 25.0 Å². The number of anilines is 1. The molecular formula is C14H18BrNO4S. The number of hydrogen-bond acceptors (Lipinski definition) is 5. The van der Waals surface area contributed by atoms with Crippen molar-refractivity contribution in [2.75, 3.05) is 18.6 Å². The topological polar surface area (TPSA) is 86.5 Å². The van der Waals surface area contributed by atoms with Gasteiger partial charge in [-0.25, -0.2) is 8.42 Å². The zero-order valence-corrected chi connectivity index (χ0v) is 14.2. The summed E-state index contributed by atoms with van der Waals surface area (Å²) in [6.07, 6.45) is 1.65. The Labute approximate surface area is 132 Å². The molecule has 1 aromatic carbocycles. The lowest BCUT2D eigenvalue weighted by atomic mass is 10.1. The molecule has 0 unspecified atom stereocenters. The van der Waals surface area contributed by atoms with Crippen LogP contribution in [-0.4, -0.2) is 27.2 Å². The third-order valence-corrected chi connectivity index (χ3v) is 6.27. The van der Waals surface area contributed by atoms with Crippen LogP contribution in [0.4, 0.5) is 5.69 Å². The van der Waals surface area contributed by atoms with Crippen LogP contribution in [0.25, 0.3) is 0 Å². The van der Waals surface area contributed by atoms with Crippen LogP contribution < -0.4 is 5.73 Å². The highest BCUT2D eigenvalue weighted by molar-refractivity contribution is 9.10. The second-order valence-corrected chi connectivity index (χ2v) is 8.51. The molecule has 1 aliphatic carbocycles. The van der Waals surface area contributed by atoms with E-state index in [0.29, 0.717) is 15.7 Å². The Morgan fingerprint density at radius 3 is 2.62 bits per heavy atom. The normalized spacial score (nSPS) is 16.5. The fourth-order valence-electron chi connectivity index (χ4n) is 2.39. The number of rotatable bonds is 6. The Morgan fingerprint density at radius 2 is 2.10 bits per heavy atom. The minimum Gasteiger partial charge on any atom is -0.469 e. The Morgan fingerprint density at radius 1 is 1.43 bits per heavy atom. The molecule has 1 fully saturated rings. The minimum atomic E-state index is -3.35. The molecule has 116 valence electrons.